The first-order valence-electron chi connectivity index (χ1n) is 8.35. The minimum atomic E-state index is -0.0206. The summed E-state index contributed by atoms with van der Waals surface area (Å²) in [5, 5.41) is 0.524. The number of nitrogens with zero attached hydrogens (tertiary/aromatic N) is 3. The summed E-state index contributed by atoms with van der Waals surface area (Å²) < 4.78 is 5.17. The van der Waals surface area contributed by atoms with Crippen molar-refractivity contribution in [1.29, 1.82) is 0 Å². The Labute approximate surface area is 149 Å². The molecule has 0 unspecified atom stereocenters. The van der Waals surface area contributed by atoms with E-state index >= 15 is 0 Å². The second kappa shape index (κ2) is 6.15. The molecule has 0 saturated carbocycles. The van der Waals surface area contributed by atoms with Crippen molar-refractivity contribution in [2.75, 3.05) is 13.7 Å². The van der Waals surface area contributed by atoms with Gasteiger partial charge in [-0.15, -0.1) is 0 Å². The van der Waals surface area contributed by atoms with Gasteiger partial charge < -0.3 is 14.6 Å². The van der Waals surface area contributed by atoms with Crippen LogP contribution in [0.1, 0.15) is 45.6 Å². The molecule has 25 heavy (non-hydrogen) atoms. The highest BCUT2D eigenvalue weighted by molar-refractivity contribution is 7.15. The molecule has 2 aromatic heterocycles. The van der Waals surface area contributed by atoms with Crippen LogP contribution in [0.3, 0.4) is 0 Å². The quantitative estimate of drug-likeness (QED) is 0.778. The number of aromatic amines is 1. The molecule has 1 aliphatic rings. The molecule has 130 valence electrons. The van der Waals surface area contributed by atoms with Gasteiger partial charge in [0.05, 0.1) is 29.9 Å². The number of benzene rings is 1. The monoisotopic (exact) mass is 356 g/mol. The molecule has 6 nitrogen and oxygen atoms in total. The Bertz CT molecular complexity index is 946. The van der Waals surface area contributed by atoms with E-state index < -0.39 is 0 Å². The van der Waals surface area contributed by atoms with Crippen LogP contribution in [0, 0.1) is 13.8 Å². The summed E-state index contributed by atoms with van der Waals surface area (Å²) in [6.07, 6.45) is 1.89. The number of H-pyrrole nitrogens is 1. The highest BCUT2D eigenvalue weighted by Gasteiger charge is 2.34. The first-order valence-corrected chi connectivity index (χ1v) is 9.17. The highest BCUT2D eigenvalue weighted by atomic mass is 32.1. The number of rotatable bonds is 3. The van der Waals surface area contributed by atoms with Crippen molar-refractivity contribution in [1.82, 2.24) is 19.9 Å². The topological polar surface area (TPSA) is 71.1 Å². The largest absolute Gasteiger partial charge is 0.473 e. The first kappa shape index (κ1) is 16.1. The third-order valence-electron chi connectivity index (χ3n) is 4.63. The fourth-order valence-electron chi connectivity index (χ4n) is 3.38. The van der Waals surface area contributed by atoms with Crippen molar-refractivity contribution < 1.29 is 9.53 Å². The number of carbonyl (C=O) groups is 1. The zero-order valence-electron chi connectivity index (χ0n) is 14.5. The molecule has 1 aliphatic heterocycles. The number of likely N-dealkylation sites (tertiary alicyclic amines) is 1. The third kappa shape index (κ3) is 2.78. The summed E-state index contributed by atoms with van der Waals surface area (Å²) >= 11 is 1.30. The van der Waals surface area contributed by atoms with Crippen LogP contribution in [-0.4, -0.2) is 39.4 Å². The molecule has 7 heteroatoms. The minimum absolute atomic E-state index is 0.0115. The number of carbonyl (C=O) groups excluding carboxylic acids is 1. The average Bonchev–Trinajstić information content (AvgIpc) is 3.30. The van der Waals surface area contributed by atoms with E-state index in [1.807, 2.05) is 17.9 Å². The van der Waals surface area contributed by atoms with Crippen molar-refractivity contribution in [3.63, 3.8) is 0 Å². The number of aryl methyl sites for hydroxylation is 2. The van der Waals surface area contributed by atoms with E-state index in [9.17, 15) is 4.79 Å². The molecular weight excluding hydrogens is 336 g/mol. The van der Waals surface area contributed by atoms with E-state index in [1.54, 1.807) is 7.11 Å². The standard InChI is InChI=1S/C18H20N4O2S/c1-10-6-7-12-13(9-10)21-16(20-12)14-5-4-8-22(14)17(23)15-11(2)19-18(24-3)25-15/h6-7,9,14H,4-5,8H2,1-3H3,(H,20,21)/t14-/m0/s1. The van der Waals surface area contributed by atoms with Crippen LogP contribution in [0.25, 0.3) is 11.0 Å². The lowest BCUT2D eigenvalue weighted by Gasteiger charge is -2.22. The Balaban J connectivity index is 1.67. The Morgan fingerprint density at radius 2 is 2.20 bits per heavy atom. The fourth-order valence-corrected chi connectivity index (χ4v) is 4.22. The Morgan fingerprint density at radius 3 is 2.96 bits per heavy atom. The SMILES string of the molecule is COc1nc(C)c(C(=O)N2CCC[C@H]2c2nc3ccc(C)cc3[nH]2)s1. The lowest BCUT2D eigenvalue weighted by molar-refractivity contribution is 0.0734. The van der Waals surface area contributed by atoms with Crippen LogP contribution in [0.5, 0.6) is 5.19 Å². The maximum Gasteiger partial charge on any atom is 0.273 e. The van der Waals surface area contributed by atoms with Crippen molar-refractivity contribution in [3.05, 3.63) is 40.2 Å². The molecule has 1 N–H and O–H groups in total. The number of aromatic nitrogens is 3. The van der Waals surface area contributed by atoms with E-state index in [2.05, 4.69) is 29.0 Å². The first-order chi connectivity index (χ1) is 12.1. The third-order valence-corrected chi connectivity index (χ3v) is 5.74. The second-order valence-electron chi connectivity index (χ2n) is 6.40. The van der Waals surface area contributed by atoms with Crippen LogP contribution in [0.2, 0.25) is 0 Å². The Hall–Kier alpha value is -2.41. The number of imidazole rings is 1. The van der Waals surface area contributed by atoms with Gasteiger partial charge in [0.1, 0.15) is 10.7 Å². The van der Waals surface area contributed by atoms with E-state index in [0.29, 0.717) is 10.1 Å². The van der Waals surface area contributed by atoms with Crippen LogP contribution in [-0.2, 0) is 0 Å². The van der Waals surface area contributed by atoms with E-state index in [-0.39, 0.29) is 11.9 Å². The van der Waals surface area contributed by atoms with Gasteiger partial charge in [0.15, 0.2) is 0 Å². The molecule has 1 amide bonds. The normalized spacial score (nSPS) is 17.4. The van der Waals surface area contributed by atoms with Gasteiger partial charge in [-0.2, -0.15) is 0 Å². The minimum Gasteiger partial charge on any atom is -0.473 e. The summed E-state index contributed by atoms with van der Waals surface area (Å²) in [5.74, 6) is 0.873. The van der Waals surface area contributed by atoms with Gasteiger partial charge >= 0.3 is 0 Å². The molecule has 4 rings (SSSR count). The number of hydrogen-bond donors (Lipinski definition) is 1. The zero-order chi connectivity index (χ0) is 17.6. The average molecular weight is 356 g/mol. The molecule has 0 spiro atoms. The number of nitrogens with one attached hydrogen (secondary N) is 1. The molecule has 0 aliphatic carbocycles. The molecule has 1 aromatic carbocycles. The van der Waals surface area contributed by atoms with Crippen LogP contribution in [0.15, 0.2) is 18.2 Å². The van der Waals surface area contributed by atoms with Crippen LogP contribution >= 0.6 is 11.3 Å². The second-order valence-corrected chi connectivity index (χ2v) is 7.36. The molecule has 3 aromatic rings. The number of fused-ring (bicyclic) bond motifs is 1. The van der Waals surface area contributed by atoms with Gasteiger partial charge in [-0.25, -0.2) is 9.97 Å². The summed E-state index contributed by atoms with van der Waals surface area (Å²) in [6, 6.07) is 6.14. The van der Waals surface area contributed by atoms with Crippen molar-refractivity contribution >= 4 is 28.3 Å². The van der Waals surface area contributed by atoms with Gasteiger partial charge in [0, 0.05) is 6.54 Å². The summed E-state index contributed by atoms with van der Waals surface area (Å²) in [5.41, 5.74) is 3.87. The van der Waals surface area contributed by atoms with E-state index in [4.69, 9.17) is 9.72 Å². The molecule has 3 heterocycles. The van der Waals surface area contributed by atoms with E-state index in [1.165, 1.54) is 16.9 Å². The van der Waals surface area contributed by atoms with Gasteiger partial charge in [-0.1, -0.05) is 17.4 Å². The zero-order valence-corrected chi connectivity index (χ0v) is 15.3. The smallest absolute Gasteiger partial charge is 0.273 e. The summed E-state index contributed by atoms with van der Waals surface area (Å²) in [6.45, 7) is 4.64. The number of methoxy groups -OCH3 is 1. The van der Waals surface area contributed by atoms with Crippen LogP contribution < -0.4 is 4.74 Å². The highest BCUT2D eigenvalue weighted by Crippen LogP contribution is 2.35. The molecule has 0 radical (unpaired) electrons. The maximum absolute atomic E-state index is 13.0. The summed E-state index contributed by atoms with van der Waals surface area (Å²) in [7, 11) is 1.57. The predicted octanol–water partition coefficient (Wildman–Crippen LogP) is 3.62. The molecule has 1 fully saturated rings. The van der Waals surface area contributed by atoms with Crippen LogP contribution in [0.4, 0.5) is 0 Å². The van der Waals surface area contributed by atoms with Crippen molar-refractivity contribution in [2.24, 2.45) is 0 Å². The summed E-state index contributed by atoms with van der Waals surface area (Å²) in [4.78, 5) is 28.0. The number of hydrogen-bond acceptors (Lipinski definition) is 5. The Morgan fingerprint density at radius 1 is 1.36 bits per heavy atom. The van der Waals surface area contributed by atoms with E-state index in [0.717, 1.165) is 41.9 Å². The number of amides is 1. The lowest BCUT2D eigenvalue weighted by Crippen LogP contribution is -2.31. The fraction of sp³-hybridized carbons (Fsp3) is 0.389. The number of thiazole rings is 1. The van der Waals surface area contributed by atoms with Crippen molar-refractivity contribution in [3.8, 4) is 5.19 Å². The maximum atomic E-state index is 13.0. The molecule has 0 bridgehead atoms. The van der Waals surface area contributed by atoms with Gasteiger partial charge in [0.2, 0.25) is 0 Å². The molecule has 1 saturated heterocycles. The number of ether oxygens (including phenoxy) is 1. The van der Waals surface area contributed by atoms with Gasteiger partial charge in [-0.05, 0) is 44.4 Å². The van der Waals surface area contributed by atoms with Gasteiger partial charge in [-0.3, -0.25) is 4.79 Å². The Kier molecular flexibility index (Phi) is 3.95. The predicted molar refractivity (Wildman–Crippen MR) is 97.2 cm³/mol. The molecule has 1 atom stereocenters. The lowest BCUT2D eigenvalue weighted by atomic mass is 10.2. The molecular formula is C18H20N4O2S. The van der Waals surface area contributed by atoms with Crippen molar-refractivity contribution in [2.45, 2.75) is 32.7 Å². The van der Waals surface area contributed by atoms with Gasteiger partial charge in [0.25, 0.3) is 11.1 Å².